The third kappa shape index (κ3) is 2.70. The number of nitrogens with zero attached hydrogens (tertiary/aromatic N) is 2. The van der Waals surface area contributed by atoms with Crippen molar-refractivity contribution in [3.05, 3.63) is 48.0 Å². The molecule has 3 heteroatoms. The Morgan fingerprint density at radius 2 is 2.00 bits per heavy atom. The zero-order valence-corrected chi connectivity index (χ0v) is 13.6. The first-order valence-corrected chi connectivity index (χ1v) is 8.37. The number of aryl methyl sites for hydroxylation is 1. The molecule has 0 saturated carbocycles. The van der Waals surface area contributed by atoms with Crippen molar-refractivity contribution in [3.63, 3.8) is 0 Å². The average Bonchev–Trinajstić information content (AvgIpc) is 2.90. The van der Waals surface area contributed by atoms with E-state index < -0.39 is 0 Å². The van der Waals surface area contributed by atoms with E-state index in [2.05, 4.69) is 16.4 Å². The van der Waals surface area contributed by atoms with E-state index in [0.29, 0.717) is 0 Å². The van der Waals surface area contributed by atoms with Crippen LogP contribution in [-0.2, 0) is 0 Å². The van der Waals surface area contributed by atoms with Gasteiger partial charge in [-0.2, -0.15) is 0 Å². The highest BCUT2D eigenvalue weighted by Gasteiger charge is 2.44. The van der Waals surface area contributed by atoms with Gasteiger partial charge in [0.2, 0.25) is 0 Å². The molecule has 22 heavy (non-hydrogen) atoms. The Balaban J connectivity index is 1.80. The van der Waals surface area contributed by atoms with Crippen LogP contribution >= 0.6 is 0 Å². The van der Waals surface area contributed by atoms with Gasteiger partial charge in [0, 0.05) is 30.7 Å². The third-order valence-corrected chi connectivity index (χ3v) is 5.31. The molecule has 2 fully saturated rings. The molecule has 0 bridgehead atoms. The summed E-state index contributed by atoms with van der Waals surface area (Å²) in [5.74, 6) is 0.197. The van der Waals surface area contributed by atoms with Crippen molar-refractivity contribution in [2.45, 2.75) is 38.1 Å². The first-order chi connectivity index (χ1) is 10.7. The Labute approximate surface area is 133 Å². The third-order valence-electron chi connectivity index (χ3n) is 5.31. The molecule has 3 rings (SSSR count). The maximum absolute atomic E-state index is 12.9. The second kappa shape index (κ2) is 6.25. The summed E-state index contributed by atoms with van der Waals surface area (Å²) in [5, 5.41) is 0. The lowest BCUT2D eigenvalue weighted by Crippen LogP contribution is -2.56. The van der Waals surface area contributed by atoms with Crippen LogP contribution < -0.4 is 0 Å². The number of hydrogen-bond acceptors (Lipinski definition) is 2. The number of carbonyl (C=O) groups excluding carboxylic acids is 1. The molecule has 1 atom stereocenters. The highest BCUT2D eigenvalue weighted by molar-refractivity contribution is 5.95. The summed E-state index contributed by atoms with van der Waals surface area (Å²) in [6.45, 7) is 9.74. The van der Waals surface area contributed by atoms with Gasteiger partial charge in [0.05, 0.1) is 0 Å². The Morgan fingerprint density at radius 3 is 2.73 bits per heavy atom. The highest BCUT2D eigenvalue weighted by Crippen LogP contribution is 2.37. The predicted octanol–water partition coefficient (Wildman–Crippen LogP) is 3.25. The molecule has 0 aromatic heterocycles. The van der Waals surface area contributed by atoms with Crippen molar-refractivity contribution < 1.29 is 4.79 Å². The Kier molecular flexibility index (Phi) is 4.34. The molecule has 1 unspecified atom stereocenters. The van der Waals surface area contributed by atoms with Crippen molar-refractivity contribution in [1.82, 2.24) is 9.80 Å². The number of amides is 1. The SMILES string of the molecule is C=CCN1CCCC12CCCN(C(=O)c1ccccc1C)C2. The van der Waals surface area contributed by atoms with Crippen LogP contribution in [0.25, 0.3) is 0 Å². The molecule has 2 heterocycles. The van der Waals surface area contributed by atoms with Gasteiger partial charge in [-0.1, -0.05) is 24.3 Å². The summed E-state index contributed by atoms with van der Waals surface area (Å²) in [6, 6.07) is 7.92. The zero-order valence-electron chi connectivity index (χ0n) is 13.6. The number of carbonyl (C=O) groups is 1. The molecule has 1 aromatic rings. The van der Waals surface area contributed by atoms with Gasteiger partial charge >= 0.3 is 0 Å². The van der Waals surface area contributed by atoms with E-state index in [1.807, 2.05) is 37.3 Å². The van der Waals surface area contributed by atoms with Crippen LogP contribution in [0.1, 0.15) is 41.6 Å². The number of hydrogen-bond donors (Lipinski definition) is 0. The minimum Gasteiger partial charge on any atom is -0.337 e. The Bertz CT molecular complexity index is 568. The summed E-state index contributed by atoms with van der Waals surface area (Å²) in [4.78, 5) is 17.5. The summed E-state index contributed by atoms with van der Waals surface area (Å²) >= 11 is 0. The standard InChI is InChI=1S/C19H26N2O/c1-3-12-21-14-7-11-19(21)10-6-13-20(15-19)18(22)17-9-5-4-8-16(17)2/h3-5,8-9H,1,6-7,10-15H2,2H3. The van der Waals surface area contributed by atoms with Gasteiger partial charge in [0.25, 0.3) is 5.91 Å². The van der Waals surface area contributed by atoms with Crippen molar-refractivity contribution in [2.24, 2.45) is 0 Å². The molecule has 1 amide bonds. The van der Waals surface area contributed by atoms with E-state index in [1.54, 1.807) is 0 Å². The molecule has 118 valence electrons. The summed E-state index contributed by atoms with van der Waals surface area (Å²) in [5.41, 5.74) is 2.11. The maximum Gasteiger partial charge on any atom is 0.254 e. The van der Waals surface area contributed by atoms with Crippen molar-refractivity contribution in [3.8, 4) is 0 Å². The summed E-state index contributed by atoms with van der Waals surface area (Å²) in [6.07, 6.45) is 6.75. The van der Waals surface area contributed by atoms with E-state index in [0.717, 1.165) is 43.7 Å². The smallest absolute Gasteiger partial charge is 0.254 e. The zero-order chi connectivity index (χ0) is 15.6. The molecule has 0 radical (unpaired) electrons. The first kappa shape index (κ1) is 15.3. The highest BCUT2D eigenvalue weighted by atomic mass is 16.2. The van der Waals surface area contributed by atoms with Crippen molar-refractivity contribution in [1.29, 1.82) is 0 Å². The average molecular weight is 298 g/mol. The second-order valence-electron chi connectivity index (χ2n) is 6.71. The minimum atomic E-state index is 0.185. The molecule has 3 nitrogen and oxygen atoms in total. The van der Waals surface area contributed by atoms with E-state index in [-0.39, 0.29) is 11.4 Å². The van der Waals surface area contributed by atoms with E-state index in [1.165, 1.54) is 19.3 Å². The van der Waals surface area contributed by atoms with Crippen LogP contribution in [0, 0.1) is 6.92 Å². The fraction of sp³-hybridized carbons (Fsp3) is 0.526. The van der Waals surface area contributed by atoms with Gasteiger partial charge in [0.15, 0.2) is 0 Å². The quantitative estimate of drug-likeness (QED) is 0.800. The molecule has 1 aromatic carbocycles. The number of likely N-dealkylation sites (tertiary alicyclic amines) is 2. The second-order valence-corrected chi connectivity index (χ2v) is 6.71. The van der Waals surface area contributed by atoms with E-state index >= 15 is 0 Å². The predicted molar refractivity (Wildman–Crippen MR) is 90.1 cm³/mol. The molecule has 1 spiro atoms. The van der Waals surface area contributed by atoms with Crippen LogP contribution in [0.4, 0.5) is 0 Å². The summed E-state index contributed by atoms with van der Waals surface area (Å²) < 4.78 is 0. The maximum atomic E-state index is 12.9. The van der Waals surface area contributed by atoms with Gasteiger partial charge < -0.3 is 4.90 Å². The van der Waals surface area contributed by atoms with Crippen LogP contribution in [0.2, 0.25) is 0 Å². The topological polar surface area (TPSA) is 23.6 Å². The number of piperidine rings is 1. The van der Waals surface area contributed by atoms with Gasteiger partial charge in [-0.05, 0) is 50.8 Å². The fourth-order valence-corrected chi connectivity index (χ4v) is 4.17. The van der Waals surface area contributed by atoms with Crippen molar-refractivity contribution >= 4 is 5.91 Å². The molecule has 0 aliphatic carbocycles. The van der Waals surface area contributed by atoms with Crippen molar-refractivity contribution in [2.75, 3.05) is 26.2 Å². The molecular formula is C19H26N2O. The normalized spacial score (nSPS) is 25.6. The van der Waals surface area contributed by atoms with E-state index in [9.17, 15) is 4.79 Å². The lowest BCUT2D eigenvalue weighted by molar-refractivity contribution is 0.0366. The Hall–Kier alpha value is -1.61. The largest absolute Gasteiger partial charge is 0.337 e. The van der Waals surface area contributed by atoms with Crippen LogP contribution in [0.5, 0.6) is 0 Å². The molecule has 2 aliphatic rings. The van der Waals surface area contributed by atoms with E-state index in [4.69, 9.17) is 0 Å². The van der Waals surface area contributed by atoms with Crippen LogP contribution in [0.3, 0.4) is 0 Å². The molecular weight excluding hydrogens is 272 g/mol. The van der Waals surface area contributed by atoms with Crippen LogP contribution in [0.15, 0.2) is 36.9 Å². The van der Waals surface area contributed by atoms with Gasteiger partial charge in [0.1, 0.15) is 0 Å². The minimum absolute atomic E-state index is 0.185. The first-order valence-electron chi connectivity index (χ1n) is 8.37. The molecule has 2 saturated heterocycles. The lowest BCUT2D eigenvalue weighted by atomic mass is 9.86. The van der Waals surface area contributed by atoms with Gasteiger partial charge in [-0.25, -0.2) is 0 Å². The Morgan fingerprint density at radius 1 is 1.27 bits per heavy atom. The number of benzene rings is 1. The van der Waals surface area contributed by atoms with Gasteiger partial charge in [-0.15, -0.1) is 6.58 Å². The van der Waals surface area contributed by atoms with Crippen LogP contribution in [-0.4, -0.2) is 47.4 Å². The fourth-order valence-electron chi connectivity index (χ4n) is 4.17. The molecule has 2 aliphatic heterocycles. The monoisotopic (exact) mass is 298 g/mol. The lowest BCUT2D eigenvalue weighted by Gasteiger charge is -2.46. The van der Waals surface area contributed by atoms with Gasteiger partial charge in [-0.3, -0.25) is 9.69 Å². The summed E-state index contributed by atoms with van der Waals surface area (Å²) in [7, 11) is 0. The number of rotatable bonds is 3. The molecule has 0 N–H and O–H groups in total.